The molecule has 10 heteroatoms. The van der Waals surface area contributed by atoms with Crippen molar-refractivity contribution in [3.63, 3.8) is 0 Å². The van der Waals surface area contributed by atoms with Gasteiger partial charge in [0.05, 0.1) is 11.6 Å². The number of benzene rings is 2. The molecule has 2 heterocycles. The number of nitrogens with one attached hydrogen (secondary N) is 1. The number of nitrogens with zero attached hydrogens (tertiary/aromatic N) is 3. The maximum Gasteiger partial charge on any atom is 0.471 e. The molecule has 0 radical (unpaired) electrons. The van der Waals surface area contributed by atoms with Crippen molar-refractivity contribution in [2.24, 2.45) is 0 Å². The fourth-order valence-electron chi connectivity index (χ4n) is 3.92. The molecule has 1 N–H and O–H groups in total. The molecule has 2 unspecified atom stereocenters. The number of piperidine rings is 1. The Morgan fingerprint density at radius 1 is 1.03 bits per heavy atom. The van der Waals surface area contributed by atoms with Crippen LogP contribution in [0.1, 0.15) is 17.9 Å². The first-order valence-electron chi connectivity index (χ1n) is 9.51. The molecule has 0 saturated carbocycles. The molecule has 3 aromatic rings. The predicted octanol–water partition coefficient (Wildman–Crippen LogP) is 3.95. The zero-order chi connectivity index (χ0) is 22.2. The Morgan fingerprint density at radius 2 is 1.74 bits per heavy atom. The average Bonchev–Trinajstić information content (AvgIpc) is 2.73. The Balaban J connectivity index is 1.67. The number of rotatable bonds is 3. The molecule has 1 fully saturated rings. The zero-order valence-corrected chi connectivity index (χ0v) is 16.0. The quantitative estimate of drug-likeness (QED) is 0.632. The molecule has 1 amide bonds. The van der Waals surface area contributed by atoms with Gasteiger partial charge in [0.25, 0.3) is 0 Å². The second kappa shape index (κ2) is 8.09. The number of hydrogen-bond acceptors (Lipinski definition) is 4. The van der Waals surface area contributed by atoms with Crippen molar-refractivity contribution in [2.45, 2.75) is 24.6 Å². The van der Waals surface area contributed by atoms with E-state index in [4.69, 9.17) is 0 Å². The van der Waals surface area contributed by atoms with E-state index in [9.17, 15) is 26.7 Å². The third kappa shape index (κ3) is 4.42. The van der Waals surface area contributed by atoms with Crippen LogP contribution in [0.15, 0.2) is 48.8 Å². The van der Waals surface area contributed by atoms with Crippen LogP contribution in [-0.2, 0) is 4.79 Å². The van der Waals surface area contributed by atoms with Gasteiger partial charge >= 0.3 is 12.1 Å². The summed E-state index contributed by atoms with van der Waals surface area (Å²) in [5.41, 5.74) is 1.11. The molecule has 2 aromatic carbocycles. The number of hydrogen-bond donors (Lipinski definition) is 1. The van der Waals surface area contributed by atoms with Crippen molar-refractivity contribution in [3.05, 3.63) is 66.0 Å². The van der Waals surface area contributed by atoms with Crippen molar-refractivity contribution < 1.29 is 26.7 Å². The summed E-state index contributed by atoms with van der Waals surface area (Å²) < 4.78 is 65.9. The fraction of sp³-hybridized carbons (Fsp3) is 0.286. The molecule has 5 nitrogen and oxygen atoms in total. The molecule has 0 spiro atoms. The van der Waals surface area contributed by atoms with Crippen molar-refractivity contribution in [1.29, 1.82) is 0 Å². The van der Waals surface area contributed by atoms with E-state index in [1.807, 2.05) is 0 Å². The molecule has 1 saturated heterocycles. The maximum absolute atomic E-state index is 13.8. The SMILES string of the molecule is O=C(NC1CN(c2ncnc3ccc(F)cc23)CCC1c1ccc(F)cc1)C(F)(F)F. The fourth-order valence-corrected chi connectivity index (χ4v) is 3.92. The zero-order valence-electron chi connectivity index (χ0n) is 16.0. The van der Waals surface area contributed by atoms with E-state index in [-0.39, 0.29) is 6.54 Å². The first-order valence-corrected chi connectivity index (χ1v) is 9.51. The van der Waals surface area contributed by atoms with E-state index in [0.29, 0.717) is 35.2 Å². The summed E-state index contributed by atoms with van der Waals surface area (Å²) >= 11 is 0. The van der Waals surface area contributed by atoms with E-state index in [1.54, 1.807) is 4.90 Å². The van der Waals surface area contributed by atoms with E-state index in [1.165, 1.54) is 48.8 Å². The van der Waals surface area contributed by atoms with Crippen molar-refractivity contribution in [2.75, 3.05) is 18.0 Å². The van der Waals surface area contributed by atoms with E-state index in [0.717, 1.165) is 0 Å². The molecule has 0 aliphatic carbocycles. The topological polar surface area (TPSA) is 58.1 Å². The van der Waals surface area contributed by atoms with E-state index >= 15 is 0 Å². The van der Waals surface area contributed by atoms with Gasteiger partial charge in [-0.1, -0.05) is 12.1 Å². The third-order valence-electron chi connectivity index (χ3n) is 5.36. The van der Waals surface area contributed by atoms with Crippen molar-refractivity contribution in [3.8, 4) is 0 Å². The third-order valence-corrected chi connectivity index (χ3v) is 5.36. The van der Waals surface area contributed by atoms with Crippen molar-refractivity contribution >= 4 is 22.6 Å². The lowest BCUT2D eigenvalue weighted by Gasteiger charge is -2.40. The van der Waals surface area contributed by atoms with Crippen LogP contribution in [0.25, 0.3) is 10.9 Å². The molecule has 2 atom stereocenters. The Hall–Kier alpha value is -3.30. The number of aromatic nitrogens is 2. The van der Waals surface area contributed by atoms with Gasteiger partial charge in [0.1, 0.15) is 23.8 Å². The van der Waals surface area contributed by atoms with Crippen LogP contribution < -0.4 is 10.2 Å². The van der Waals surface area contributed by atoms with Gasteiger partial charge < -0.3 is 10.2 Å². The number of carbonyl (C=O) groups excluding carboxylic acids is 1. The number of amides is 1. The Kier molecular flexibility index (Phi) is 5.47. The van der Waals surface area contributed by atoms with Gasteiger partial charge in [-0.2, -0.15) is 13.2 Å². The number of alkyl halides is 3. The lowest BCUT2D eigenvalue weighted by atomic mass is 9.85. The molecule has 162 valence electrons. The lowest BCUT2D eigenvalue weighted by Crippen LogP contribution is -2.54. The van der Waals surface area contributed by atoms with Crippen molar-refractivity contribution in [1.82, 2.24) is 15.3 Å². The monoisotopic (exact) mass is 436 g/mol. The van der Waals surface area contributed by atoms with Crippen LogP contribution in [0.4, 0.5) is 27.8 Å². The van der Waals surface area contributed by atoms with Gasteiger partial charge in [-0.25, -0.2) is 18.7 Å². The minimum atomic E-state index is -5.04. The van der Waals surface area contributed by atoms with Gasteiger partial charge in [0, 0.05) is 24.4 Å². The summed E-state index contributed by atoms with van der Waals surface area (Å²) in [6.45, 7) is 0.398. The molecule has 1 aliphatic rings. The van der Waals surface area contributed by atoms with Gasteiger partial charge in [0.2, 0.25) is 0 Å². The first-order chi connectivity index (χ1) is 14.7. The highest BCUT2D eigenvalue weighted by atomic mass is 19.4. The van der Waals surface area contributed by atoms with Crippen LogP contribution in [0.3, 0.4) is 0 Å². The average molecular weight is 436 g/mol. The Bertz CT molecular complexity index is 1100. The molecule has 4 rings (SSSR count). The van der Waals surface area contributed by atoms with Gasteiger partial charge in [-0.15, -0.1) is 0 Å². The summed E-state index contributed by atoms with van der Waals surface area (Å²) in [6.07, 6.45) is -3.37. The number of halogens is 5. The largest absolute Gasteiger partial charge is 0.471 e. The van der Waals surface area contributed by atoms with Crippen LogP contribution in [0, 0.1) is 11.6 Å². The predicted molar refractivity (Wildman–Crippen MR) is 103 cm³/mol. The molecule has 0 bridgehead atoms. The molecular formula is C21H17F5N4O. The second-order valence-corrected chi connectivity index (χ2v) is 7.33. The summed E-state index contributed by atoms with van der Waals surface area (Å²) in [5, 5.41) is 2.48. The summed E-state index contributed by atoms with van der Waals surface area (Å²) in [5.74, 6) is -3.11. The highest BCUT2D eigenvalue weighted by Crippen LogP contribution is 2.33. The number of fused-ring (bicyclic) bond motifs is 1. The van der Waals surface area contributed by atoms with E-state index < -0.39 is 35.7 Å². The molecule has 1 aromatic heterocycles. The van der Waals surface area contributed by atoms with Crippen LogP contribution in [-0.4, -0.2) is 41.2 Å². The van der Waals surface area contributed by atoms with E-state index in [2.05, 4.69) is 15.3 Å². The van der Waals surface area contributed by atoms with Crippen LogP contribution in [0.2, 0.25) is 0 Å². The normalized spacial score (nSPS) is 19.5. The van der Waals surface area contributed by atoms with Gasteiger partial charge in [-0.05, 0) is 42.3 Å². The van der Waals surface area contributed by atoms with Gasteiger partial charge in [-0.3, -0.25) is 4.79 Å². The highest BCUT2D eigenvalue weighted by molar-refractivity contribution is 5.89. The summed E-state index contributed by atoms with van der Waals surface area (Å²) in [7, 11) is 0. The smallest absolute Gasteiger partial charge is 0.354 e. The second-order valence-electron chi connectivity index (χ2n) is 7.33. The van der Waals surface area contributed by atoms with Gasteiger partial charge in [0.15, 0.2) is 0 Å². The number of carbonyl (C=O) groups is 1. The Morgan fingerprint density at radius 3 is 2.45 bits per heavy atom. The maximum atomic E-state index is 13.8. The lowest BCUT2D eigenvalue weighted by molar-refractivity contribution is -0.174. The molecular weight excluding hydrogens is 419 g/mol. The van der Waals surface area contributed by atoms with Crippen LogP contribution >= 0.6 is 0 Å². The minimum absolute atomic E-state index is 0.00644. The first kappa shape index (κ1) is 21.0. The standard InChI is InChI=1S/C21H17F5N4O/c22-13-3-1-12(2-4-13)15-7-8-30(10-18(15)29-20(31)21(24,25)26)19-16-9-14(23)5-6-17(16)27-11-28-19/h1-6,9,11,15,18H,7-8,10H2,(H,29,31). The number of anilines is 1. The Labute approximate surface area is 173 Å². The minimum Gasteiger partial charge on any atom is -0.354 e. The summed E-state index contributed by atoms with van der Waals surface area (Å²) in [4.78, 5) is 21.7. The summed E-state index contributed by atoms with van der Waals surface area (Å²) in [6, 6.07) is 8.54. The van der Waals surface area contributed by atoms with Crippen LogP contribution in [0.5, 0.6) is 0 Å². The molecule has 31 heavy (non-hydrogen) atoms. The highest BCUT2D eigenvalue weighted by Gasteiger charge is 2.42. The molecule has 1 aliphatic heterocycles.